The van der Waals surface area contributed by atoms with Gasteiger partial charge in [0.25, 0.3) is 0 Å². The molecule has 2 aromatic rings. The third kappa shape index (κ3) is 9.97. The van der Waals surface area contributed by atoms with Gasteiger partial charge in [0.05, 0.1) is 25.8 Å². The van der Waals surface area contributed by atoms with Crippen molar-refractivity contribution in [3.05, 3.63) is 30.6 Å². The third-order valence-electron chi connectivity index (χ3n) is 9.55. The largest absolute Gasteiger partial charge is 0.457 e. The van der Waals surface area contributed by atoms with Crippen molar-refractivity contribution in [1.29, 1.82) is 0 Å². The third-order valence-corrected chi connectivity index (χ3v) is 9.55. The van der Waals surface area contributed by atoms with E-state index in [4.69, 9.17) is 23.7 Å². The second-order valence-corrected chi connectivity index (χ2v) is 13.1. The Hall–Kier alpha value is -3.56. The van der Waals surface area contributed by atoms with Crippen molar-refractivity contribution in [2.45, 2.75) is 110 Å². The minimum absolute atomic E-state index is 0.150. The zero-order chi connectivity index (χ0) is 34.6. The fourth-order valence-electron chi connectivity index (χ4n) is 6.62. The highest BCUT2D eigenvalue weighted by atomic mass is 16.6. The van der Waals surface area contributed by atoms with Crippen molar-refractivity contribution in [3.8, 4) is 23.9 Å². The number of aromatic nitrogens is 4. The maximum Gasteiger partial charge on any atom is 0.316 e. The summed E-state index contributed by atoms with van der Waals surface area (Å²) in [6.07, 6.45) is 14.8. The lowest BCUT2D eigenvalue weighted by Crippen LogP contribution is -2.65. The molecule has 2 N–H and O–H groups in total. The molecule has 0 unspecified atom stereocenters. The monoisotopic (exact) mass is 646 g/mol. The first-order valence-corrected chi connectivity index (χ1v) is 16.8. The number of nitrogens with one attached hydrogen (secondary N) is 2. The van der Waals surface area contributed by atoms with Gasteiger partial charge in [-0.15, -0.1) is 5.10 Å². The Morgan fingerprint density at radius 2 is 2.00 bits per heavy atom. The van der Waals surface area contributed by atoms with Crippen molar-refractivity contribution in [1.82, 2.24) is 30.6 Å². The number of aldehydes is 1. The average Bonchev–Trinajstić information content (AvgIpc) is 3.55. The van der Waals surface area contributed by atoms with E-state index in [1.54, 1.807) is 20.0 Å². The van der Waals surface area contributed by atoms with Crippen LogP contribution in [0.25, 0.3) is 11.4 Å². The highest BCUT2D eigenvalue weighted by molar-refractivity contribution is 6.15. The van der Waals surface area contributed by atoms with E-state index >= 15 is 0 Å². The molecule has 9 atom stereocenters. The topological polar surface area (TPSA) is 137 Å². The summed E-state index contributed by atoms with van der Waals surface area (Å²) in [7, 11) is 6.56. The van der Waals surface area contributed by atoms with E-state index in [1.807, 2.05) is 49.8 Å². The van der Waals surface area contributed by atoms with Crippen LogP contribution in [0.4, 0.5) is 0 Å². The number of cyclic esters (lactones) is 1. The van der Waals surface area contributed by atoms with E-state index in [-0.39, 0.29) is 36.1 Å². The van der Waals surface area contributed by atoms with Crippen molar-refractivity contribution < 1.29 is 23.9 Å². The van der Waals surface area contributed by atoms with E-state index in [9.17, 15) is 14.4 Å². The summed E-state index contributed by atoms with van der Waals surface area (Å²) in [6.45, 7) is 13.1. The molecule has 3 heterocycles. The molecule has 2 radical (unpaired) electrons. The number of hydrogen-bond donors (Lipinski definition) is 2. The quantitative estimate of drug-likeness (QED) is 0.0927. The number of carbonyl (C=O) groups is 3. The zero-order valence-corrected chi connectivity index (χ0v) is 28.7. The first-order valence-electron chi connectivity index (χ1n) is 16.8. The molecule has 1 aliphatic rings. The fourth-order valence-corrected chi connectivity index (χ4v) is 6.62. The molecule has 12 heteroatoms. The fraction of sp³-hybridized carbons (Fsp3) is 0.657. The number of pyridine rings is 1. The molecule has 0 spiro atoms. The second kappa shape index (κ2) is 18.1. The molecule has 0 saturated carbocycles. The number of unbranched alkanes of at least 4 members (excludes halogenated alkanes) is 1. The van der Waals surface area contributed by atoms with Crippen LogP contribution in [0, 0.1) is 36.2 Å². The van der Waals surface area contributed by atoms with Crippen LogP contribution in [0.5, 0.6) is 0 Å². The van der Waals surface area contributed by atoms with Crippen molar-refractivity contribution in [2.75, 3.05) is 13.1 Å². The normalized spacial score (nSPS) is 31.2. The number of esters is 1. The number of ketones is 1. The van der Waals surface area contributed by atoms with Crippen LogP contribution < -0.4 is 10.6 Å². The number of nitrogens with zero attached hydrogens (tertiary/aromatic N) is 4. The van der Waals surface area contributed by atoms with Gasteiger partial charge in [0.1, 0.15) is 35.9 Å². The number of aryl methyl sites for hydroxylation is 1. The highest BCUT2D eigenvalue weighted by Crippen LogP contribution is 2.35. The molecule has 0 aliphatic carbocycles. The molecule has 11 nitrogen and oxygen atoms in total. The van der Waals surface area contributed by atoms with Gasteiger partial charge in [-0.1, -0.05) is 44.3 Å². The molecule has 3 rings (SSSR count). The minimum atomic E-state index is -1.14. The van der Waals surface area contributed by atoms with Gasteiger partial charge in [0.2, 0.25) is 0 Å². The van der Waals surface area contributed by atoms with Gasteiger partial charge in [0, 0.05) is 31.1 Å². The van der Waals surface area contributed by atoms with E-state index < -0.39 is 35.3 Å². The van der Waals surface area contributed by atoms with Crippen LogP contribution in [-0.2, 0) is 30.4 Å². The summed E-state index contributed by atoms with van der Waals surface area (Å²) in [5.41, 5.74) is 0.360. The number of terminal acetylenes is 1. The molecule has 1 aliphatic heterocycles. The number of carbonyl (C=O) groups excluding carboxylic acids is 3. The van der Waals surface area contributed by atoms with Gasteiger partial charge in [-0.2, -0.15) is 0 Å². The maximum absolute atomic E-state index is 13.4. The smallest absolute Gasteiger partial charge is 0.316 e. The summed E-state index contributed by atoms with van der Waals surface area (Å²) < 4.78 is 13.9. The number of hydrogen-bond acceptors (Lipinski definition) is 10. The molecule has 0 bridgehead atoms. The molecule has 0 aromatic carbocycles. The predicted molar refractivity (Wildman–Crippen MR) is 181 cm³/mol. The van der Waals surface area contributed by atoms with Crippen LogP contribution in [0.1, 0.15) is 73.6 Å². The summed E-state index contributed by atoms with van der Waals surface area (Å²) in [6, 6.07) is 5.13. The van der Waals surface area contributed by atoms with Gasteiger partial charge in [-0.05, 0) is 83.5 Å². The van der Waals surface area contributed by atoms with E-state index in [1.165, 1.54) is 0 Å². The number of rotatable bonds is 11. The van der Waals surface area contributed by atoms with Crippen molar-refractivity contribution in [3.63, 3.8) is 0 Å². The first kappa shape index (κ1) is 37.9. The standard InChI is InChI=1S/C35H51BN6O5/c1-8-30-35(7,46-9-2)33(38-17-12-13-18-42-22-29(40-41-42)28-14-10-11-16-37-28)26(6)39-21-23(3)20-27(15-19-43)31(36)24(4)32(44)25(5)34(45)47-30/h2,10-11,14,16,19,22-27,30-31,33,38-39H,8,12-13,15,17-18,20-21H2,1,3-7H3/t23-,24-,25-,26-,27+,30-,31-,33-,35-/m1/s1. The average molecular weight is 647 g/mol. The SMILES string of the molecule is [B][C@H]1[C@@H](CC=O)C[C@@H](C)CN[C@H](C)[C@@H](NCCCCn2cc(-c3ccccn3)nn2)[C@](C)(OC#C)[C@@H](CC)OC(=O)[C@H](C)C(=O)[C@@H]1C. The lowest BCUT2D eigenvalue weighted by atomic mass is 9.63. The van der Waals surface area contributed by atoms with Crippen molar-refractivity contribution >= 4 is 25.9 Å². The Bertz CT molecular complexity index is 1340. The van der Waals surface area contributed by atoms with E-state index in [0.29, 0.717) is 32.5 Å². The number of ether oxygens (including phenoxy) is 2. The van der Waals surface area contributed by atoms with Gasteiger partial charge in [-0.3, -0.25) is 19.3 Å². The van der Waals surface area contributed by atoms with E-state index in [2.05, 4.69) is 39.0 Å². The van der Waals surface area contributed by atoms with Crippen LogP contribution in [-0.4, -0.2) is 82.7 Å². The van der Waals surface area contributed by atoms with Gasteiger partial charge >= 0.3 is 5.97 Å². The predicted octanol–water partition coefficient (Wildman–Crippen LogP) is 3.79. The van der Waals surface area contributed by atoms with E-state index in [0.717, 1.165) is 30.5 Å². The lowest BCUT2D eigenvalue weighted by molar-refractivity contribution is -0.173. The molecule has 0 amide bonds. The Labute approximate surface area is 281 Å². The van der Waals surface area contributed by atoms with Crippen LogP contribution in [0.2, 0.25) is 5.82 Å². The summed E-state index contributed by atoms with van der Waals surface area (Å²) in [5.74, 6) is -3.26. The molecule has 1 saturated heterocycles. The molecule has 47 heavy (non-hydrogen) atoms. The molecule has 254 valence electrons. The Balaban J connectivity index is 1.80. The Morgan fingerprint density at radius 1 is 1.23 bits per heavy atom. The first-order chi connectivity index (χ1) is 22.5. The Kier molecular flexibility index (Phi) is 14.6. The second-order valence-electron chi connectivity index (χ2n) is 13.1. The van der Waals surface area contributed by atoms with Crippen LogP contribution in [0.3, 0.4) is 0 Å². The minimum Gasteiger partial charge on any atom is -0.457 e. The van der Waals surface area contributed by atoms with Crippen molar-refractivity contribution in [2.24, 2.45) is 23.7 Å². The zero-order valence-electron chi connectivity index (χ0n) is 28.7. The molecular weight excluding hydrogens is 595 g/mol. The maximum atomic E-state index is 13.4. The highest BCUT2D eigenvalue weighted by Gasteiger charge is 2.48. The van der Waals surface area contributed by atoms with Gasteiger partial charge in [0.15, 0.2) is 5.60 Å². The Morgan fingerprint density at radius 3 is 2.66 bits per heavy atom. The van der Waals surface area contributed by atoms with Gasteiger partial charge < -0.3 is 24.9 Å². The number of Topliss-reactive ketones (excluding diaryl/α,β-unsaturated/α-hetero) is 1. The molecular formula is C35H51BN6O5. The lowest BCUT2D eigenvalue weighted by Gasteiger charge is -2.44. The van der Waals surface area contributed by atoms with Crippen LogP contribution >= 0.6 is 0 Å². The molecule has 1 fully saturated rings. The molecule has 2 aromatic heterocycles. The van der Waals surface area contributed by atoms with Gasteiger partial charge in [-0.25, -0.2) is 0 Å². The summed E-state index contributed by atoms with van der Waals surface area (Å²) in [5, 5.41) is 15.8. The summed E-state index contributed by atoms with van der Waals surface area (Å²) in [4.78, 5) is 42.8. The summed E-state index contributed by atoms with van der Waals surface area (Å²) >= 11 is 0. The van der Waals surface area contributed by atoms with Crippen LogP contribution in [0.15, 0.2) is 30.6 Å².